The first-order valence-electron chi connectivity index (χ1n) is 4.82. The van der Waals surface area contributed by atoms with Crippen molar-refractivity contribution in [3.8, 4) is 11.5 Å². The maximum Gasteiger partial charge on any atom is 0.233 e. The van der Waals surface area contributed by atoms with Crippen molar-refractivity contribution in [3.05, 3.63) is 23.8 Å². The van der Waals surface area contributed by atoms with Crippen LogP contribution in [0.2, 0.25) is 0 Å². The molecule has 1 amide bonds. The molecule has 0 radical (unpaired) electrons. The highest BCUT2D eigenvalue weighted by atomic mass is 79.9. The number of methoxy groups -OCH3 is 1. The largest absolute Gasteiger partial charge is 0.504 e. The molecule has 4 nitrogen and oxygen atoms in total. The Morgan fingerprint density at radius 3 is 2.88 bits per heavy atom. The van der Waals surface area contributed by atoms with Gasteiger partial charge in [0.2, 0.25) is 5.91 Å². The second-order valence-electron chi connectivity index (χ2n) is 3.34. The molecule has 0 heterocycles. The van der Waals surface area contributed by atoms with E-state index >= 15 is 0 Å². The zero-order chi connectivity index (χ0) is 12.1. The van der Waals surface area contributed by atoms with Crippen LogP contribution in [0.25, 0.3) is 0 Å². The molecule has 0 spiro atoms. The fourth-order valence-corrected chi connectivity index (χ4v) is 1.32. The minimum Gasteiger partial charge on any atom is -0.504 e. The van der Waals surface area contributed by atoms with Crippen molar-refractivity contribution in [1.82, 2.24) is 5.32 Å². The van der Waals surface area contributed by atoms with E-state index in [-0.39, 0.29) is 16.5 Å². The van der Waals surface area contributed by atoms with Crippen LogP contribution in [0.3, 0.4) is 0 Å². The Hall–Kier alpha value is -1.23. The summed E-state index contributed by atoms with van der Waals surface area (Å²) in [6.07, 6.45) is 0. The van der Waals surface area contributed by atoms with Gasteiger partial charge in [0.05, 0.1) is 11.9 Å². The fourth-order valence-electron chi connectivity index (χ4n) is 1.16. The highest BCUT2D eigenvalue weighted by molar-refractivity contribution is 9.10. The molecule has 1 rings (SSSR count). The van der Waals surface area contributed by atoms with E-state index in [1.54, 1.807) is 19.1 Å². The zero-order valence-corrected chi connectivity index (χ0v) is 10.7. The third-order valence-corrected chi connectivity index (χ3v) is 2.49. The smallest absolute Gasteiger partial charge is 0.233 e. The molecule has 1 unspecified atom stereocenters. The first kappa shape index (κ1) is 12.8. The molecule has 0 saturated heterocycles. The Morgan fingerprint density at radius 1 is 1.62 bits per heavy atom. The van der Waals surface area contributed by atoms with Gasteiger partial charge in [-0.15, -0.1) is 0 Å². The van der Waals surface area contributed by atoms with Crippen LogP contribution in [0.1, 0.15) is 12.5 Å². The highest BCUT2D eigenvalue weighted by Gasteiger charge is 2.08. The Kier molecular flexibility index (Phi) is 4.61. The number of nitrogens with one attached hydrogen (secondary N) is 1. The van der Waals surface area contributed by atoms with Gasteiger partial charge in [0.1, 0.15) is 0 Å². The van der Waals surface area contributed by atoms with E-state index in [2.05, 4.69) is 21.2 Å². The maximum atomic E-state index is 11.3. The van der Waals surface area contributed by atoms with Gasteiger partial charge < -0.3 is 15.2 Å². The van der Waals surface area contributed by atoms with E-state index in [9.17, 15) is 9.90 Å². The minimum absolute atomic E-state index is 0.0768. The molecular formula is C11H14BrNO3. The molecule has 0 aliphatic carbocycles. The Labute approximate surface area is 103 Å². The fraction of sp³-hybridized carbons (Fsp3) is 0.364. The topological polar surface area (TPSA) is 58.6 Å². The van der Waals surface area contributed by atoms with E-state index in [1.165, 1.54) is 13.2 Å². The van der Waals surface area contributed by atoms with Crippen LogP contribution >= 0.6 is 15.9 Å². The van der Waals surface area contributed by atoms with Gasteiger partial charge in [-0.3, -0.25) is 4.79 Å². The lowest BCUT2D eigenvalue weighted by atomic mass is 10.2. The summed E-state index contributed by atoms with van der Waals surface area (Å²) in [5.74, 6) is 0.414. The summed E-state index contributed by atoms with van der Waals surface area (Å²) < 4.78 is 4.97. The van der Waals surface area contributed by atoms with Gasteiger partial charge in [-0.2, -0.15) is 0 Å². The predicted octanol–water partition coefficient (Wildman–Crippen LogP) is 1.80. The minimum atomic E-state index is -0.216. The van der Waals surface area contributed by atoms with Crippen LogP contribution in [0.15, 0.2) is 18.2 Å². The third-order valence-electron chi connectivity index (χ3n) is 2.07. The van der Waals surface area contributed by atoms with E-state index in [1.807, 2.05) is 0 Å². The lowest BCUT2D eigenvalue weighted by molar-refractivity contribution is -0.120. The molecule has 1 aromatic carbocycles. The van der Waals surface area contributed by atoms with Crippen LogP contribution in [-0.4, -0.2) is 23.0 Å². The van der Waals surface area contributed by atoms with Gasteiger partial charge in [0.25, 0.3) is 0 Å². The molecule has 2 N–H and O–H groups in total. The first-order chi connectivity index (χ1) is 7.54. The van der Waals surface area contributed by atoms with E-state index in [0.29, 0.717) is 12.3 Å². The molecule has 16 heavy (non-hydrogen) atoms. The molecule has 5 heteroatoms. The monoisotopic (exact) mass is 287 g/mol. The SMILES string of the molecule is COc1cc(CNC(=O)C(C)Br)ccc1O. The molecule has 0 fully saturated rings. The summed E-state index contributed by atoms with van der Waals surface area (Å²) >= 11 is 3.18. The number of phenols is 1. The van der Waals surface area contributed by atoms with Crippen molar-refractivity contribution in [2.45, 2.75) is 18.3 Å². The summed E-state index contributed by atoms with van der Waals surface area (Å²) in [6.45, 7) is 2.16. The van der Waals surface area contributed by atoms with E-state index < -0.39 is 0 Å². The maximum absolute atomic E-state index is 11.3. The Morgan fingerprint density at radius 2 is 2.31 bits per heavy atom. The molecule has 0 aliphatic rings. The first-order valence-corrected chi connectivity index (χ1v) is 5.74. The summed E-state index contributed by atoms with van der Waals surface area (Å²) in [7, 11) is 1.48. The van der Waals surface area contributed by atoms with Gasteiger partial charge >= 0.3 is 0 Å². The summed E-state index contributed by atoms with van der Waals surface area (Å²) in [4.78, 5) is 11.1. The second-order valence-corrected chi connectivity index (χ2v) is 4.71. The van der Waals surface area contributed by atoms with Gasteiger partial charge in [-0.05, 0) is 24.6 Å². The van der Waals surface area contributed by atoms with Crippen LogP contribution in [-0.2, 0) is 11.3 Å². The van der Waals surface area contributed by atoms with Gasteiger partial charge in [-0.25, -0.2) is 0 Å². The normalized spacial score (nSPS) is 11.9. The van der Waals surface area contributed by atoms with E-state index in [4.69, 9.17) is 4.74 Å². The molecule has 0 saturated carbocycles. The van der Waals surface area contributed by atoms with Crippen LogP contribution in [0.4, 0.5) is 0 Å². The summed E-state index contributed by atoms with van der Waals surface area (Å²) in [5, 5.41) is 12.1. The number of hydrogen-bond donors (Lipinski definition) is 2. The van der Waals surface area contributed by atoms with E-state index in [0.717, 1.165) is 5.56 Å². The van der Waals surface area contributed by atoms with Crippen LogP contribution in [0, 0.1) is 0 Å². The number of aromatic hydroxyl groups is 1. The summed E-state index contributed by atoms with van der Waals surface area (Å²) in [5.41, 5.74) is 0.871. The Balaban J connectivity index is 2.64. The summed E-state index contributed by atoms with van der Waals surface area (Å²) in [6, 6.07) is 4.96. The number of amides is 1. The zero-order valence-electron chi connectivity index (χ0n) is 9.16. The average Bonchev–Trinajstić information content (AvgIpc) is 2.27. The van der Waals surface area contributed by atoms with Crippen molar-refractivity contribution in [2.24, 2.45) is 0 Å². The van der Waals surface area contributed by atoms with Crippen LogP contribution < -0.4 is 10.1 Å². The van der Waals surface area contributed by atoms with Gasteiger partial charge in [0, 0.05) is 6.54 Å². The highest BCUT2D eigenvalue weighted by Crippen LogP contribution is 2.26. The Bertz CT molecular complexity index is 379. The molecular weight excluding hydrogens is 274 g/mol. The van der Waals surface area contributed by atoms with Crippen molar-refractivity contribution in [3.63, 3.8) is 0 Å². The molecule has 0 aromatic heterocycles. The molecule has 1 aromatic rings. The number of carbonyl (C=O) groups excluding carboxylic acids is 1. The number of hydrogen-bond acceptors (Lipinski definition) is 3. The standard InChI is InChI=1S/C11H14BrNO3/c1-7(12)11(15)13-6-8-3-4-9(14)10(5-8)16-2/h3-5,7,14H,6H2,1-2H3,(H,13,15). The number of carbonyl (C=O) groups is 1. The number of alkyl halides is 1. The third kappa shape index (κ3) is 3.41. The number of halogens is 1. The number of phenolic OH excluding ortho intramolecular Hbond substituents is 1. The van der Waals surface area contributed by atoms with Crippen molar-refractivity contribution >= 4 is 21.8 Å². The molecule has 1 atom stereocenters. The van der Waals surface area contributed by atoms with Crippen molar-refractivity contribution in [2.75, 3.05) is 7.11 Å². The average molecular weight is 288 g/mol. The van der Waals surface area contributed by atoms with Crippen molar-refractivity contribution < 1.29 is 14.6 Å². The van der Waals surface area contributed by atoms with Gasteiger partial charge in [0.15, 0.2) is 11.5 Å². The number of rotatable bonds is 4. The second kappa shape index (κ2) is 5.75. The number of benzene rings is 1. The predicted molar refractivity (Wildman–Crippen MR) is 64.9 cm³/mol. The molecule has 88 valence electrons. The van der Waals surface area contributed by atoms with Crippen molar-refractivity contribution in [1.29, 1.82) is 0 Å². The molecule has 0 bridgehead atoms. The molecule has 0 aliphatic heterocycles. The lowest BCUT2D eigenvalue weighted by Gasteiger charge is -2.09. The quantitative estimate of drug-likeness (QED) is 0.831. The van der Waals surface area contributed by atoms with Crippen LogP contribution in [0.5, 0.6) is 11.5 Å². The lowest BCUT2D eigenvalue weighted by Crippen LogP contribution is -2.28. The van der Waals surface area contributed by atoms with Gasteiger partial charge in [-0.1, -0.05) is 22.0 Å². The number of ether oxygens (including phenoxy) is 1.